The molecule has 0 saturated carbocycles. The second-order valence-corrected chi connectivity index (χ2v) is 6.72. The largest absolute Gasteiger partial charge is 0.417 e. The maximum absolute atomic E-state index is 12.6. The van der Waals surface area contributed by atoms with Crippen LogP contribution in [0.15, 0.2) is 30.5 Å². The zero-order valence-electron chi connectivity index (χ0n) is 15.8. The minimum Gasteiger partial charge on any atom is -0.367 e. The van der Waals surface area contributed by atoms with Crippen LogP contribution in [0.2, 0.25) is 5.02 Å². The lowest BCUT2D eigenvalue weighted by molar-refractivity contribution is -0.137. The van der Waals surface area contributed by atoms with Gasteiger partial charge in [0.25, 0.3) is 5.91 Å². The van der Waals surface area contributed by atoms with Gasteiger partial charge in [-0.2, -0.15) is 13.2 Å². The summed E-state index contributed by atoms with van der Waals surface area (Å²) in [6.07, 6.45) is -3.85. The highest BCUT2D eigenvalue weighted by Gasteiger charge is 2.31. The van der Waals surface area contributed by atoms with Crippen LogP contribution in [0, 0.1) is 13.8 Å². The van der Waals surface area contributed by atoms with E-state index in [2.05, 4.69) is 20.9 Å². The Bertz CT molecular complexity index is 904. The normalized spacial score (nSPS) is 11.1. The molecular weight excluding hydrogens is 409 g/mol. The number of benzene rings is 1. The van der Waals surface area contributed by atoms with E-state index in [1.54, 1.807) is 12.1 Å². The highest BCUT2D eigenvalue weighted by molar-refractivity contribution is 6.32. The molecule has 1 aromatic carbocycles. The average molecular weight is 429 g/mol. The second kappa shape index (κ2) is 9.60. The van der Waals surface area contributed by atoms with E-state index in [4.69, 9.17) is 11.6 Å². The van der Waals surface area contributed by atoms with Crippen molar-refractivity contribution in [1.82, 2.24) is 15.6 Å². The summed E-state index contributed by atoms with van der Waals surface area (Å²) in [6.45, 7) is 3.98. The number of pyridine rings is 1. The van der Waals surface area contributed by atoms with Gasteiger partial charge in [-0.05, 0) is 43.2 Å². The first kappa shape index (κ1) is 22.5. The Morgan fingerprint density at radius 3 is 2.41 bits per heavy atom. The predicted octanol–water partition coefficient (Wildman–Crippen LogP) is 3.33. The number of hydrogen-bond acceptors (Lipinski definition) is 4. The Kier molecular flexibility index (Phi) is 7.44. The quantitative estimate of drug-likeness (QED) is 0.591. The highest BCUT2D eigenvalue weighted by Crippen LogP contribution is 2.32. The van der Waals surface area contributed by atoms with Crippen molar-refractivity contribution in [3.63, 3.8) is 0 Å². The molecule has 2 aromatic rings. The number of aryl methyl sites for hydroxylation is 2. The summed E-state index contributed by atoms with van der Waals surface area (Å²) < 4.78 is 37.7. The van der Waals surface area contributed by atoms with Crippen LogP contribution in [-0.4, -0.2) is 36.4 Å². The minimum absolute atomic E-state index is 0.0805. The Hall–Kier alpha value is -2.81. The highest BCUT2D eigenvalue weighted by atomic mass is 35.5. The first-order valence-electron chi connectivity index (χ1n) is 8.66. The van der Waals surface area contributed by atoms with Gasteiger partial charge in [-0.25, -0.2) is 4.98 Å². The van der Waals surface area contributed by atoms with Crippen molar-refractivity contribution in [2.75, 3.05) is 25.0 Å². The lowest BCUT2D eigenvalue weighted by Crippen LogP contribution is -2.38. The van der Waals surface area contributed by atoms with Crippen LogP contribution in [0.5, 0.6) is 0 Å². The van der Waals surface area contributed by atoms with E-state index in [1.165, 1.54) is 0 Å². The summed E-state index contributed by atoms with van der Waals surface area (Å²) in [5.74, 6) is -0.686. The summed E-state index contributed by atoms with van der Waals surface area (Å²) in [6, 6.07) is 6.03. The van der Waals surface area contributed by atoms with Gasteiger partial charge in [0.15, 0.2) is 0 Å². The molecule has 0 saturated heterocycles. The average Bonchev–Trinajstić information content (AvgIpc) is 2.65. The van der Waals surface area contributed by atoms with Crippen molar-refractivity contribution in [1.29, 1.82) is 0 Å². The molecular formula is C19H20ClF3N4O2. The molecule has 2 amide bonds. The Morgan fingerprint density at radius 1 is 1.07 bits per heavy atom. The molecule has 0 unspecified atom stereocenters. The number of rotatable bonds is 7. The third-order valence-electron chi connectivity index (χ3n) is 4.09. The van der Waals surface area contributed by atoms with E-state index in [-0.39, 0.29) is 36.4 Å². The summed E-state index contributed by atoms with van der Waals surface area (Å²) in [5.41, 5.74) is 1.56. The number of halogens is 4. The molecule has 6 nitrogen and oxygen atoms in total. The first-order valence-corrected chi connectivity index (χ1v) is 9.04. The van der Waals surface area contributed by atoms with Crippen LogP contribution in [0.3, 0.4) is 0 Å². The van der Waals surface area contributed by atoms with Gasteiger partial charge < -0.3 is 16.0 Å². The molecule has 0 spiro atoms. The number of carbonyl (C=O) groups excluding carboxylic acids is 2. The van der Waals surface area contributed by atoms with Gasteiger partial charge in [-0.15, -0.1) is 0 Å². The SMILES string of the molecule is Cc1ccc(C(=O)NCC(=O)NCCNc2ncc(C(F)(F)F)cc2Cl)cc1C. The van der Waals surface area contributed by atoms with E-state index < -0.39 is 17.6 Å². The fraction of sp³-hybridized carbons (Fsp3) is 0.316. The molecule has 1 heterocycles. The molecule has 0 fully saturated rings. The van der Waals surface area contributed by atoms with Crippen LogP contribution >= 0.6 is 11.6 Å². The van der Waals surface area contributed by atoms with Crippen LogP contribution in [0.25, 0.3) is 0 Å². The summed E-state index contributed by atoms with van der Waals surface area (Å²) >= 11 is 5.78. The van der Waals surface area contributed by atoms with Crippen molar-refractivity contribution in [3.05, 3.63) is 57.7 Å². The Morgan fingerprint density at radius 2 is 1.79 bits per heavy atom. The number of nitrogens with zero attached hydrogens (tertiary/aromatic N) is 1. The molecule has 0 aliphatic rings. The maximum atomic E-state index is 12.6. The molecule has 0 radical (unpaired) electrons. The number of carbonyl (C=O) groups is 2. The van der Waals surface area contributed by atoms with Gasteiger partial charge in [0.1, 0.15) is 5.82 Å². The molecule has 0 aliphatic heterocycles. The molecule has 2 rings (SSSR count). The van der Waals surface area contributed by atoms with Gasteiger partial charge in [0.05, 0.1) is 17.1 Å². The summed E-state index contributed by atoms with van der Waals surface area (Å²) in [7, 11) is 0. The first-order chi connectivity index (χ1) is 13.6. The number of alkyl halides is 3. The minimum atomic E-state index is -4.52. The molecule has 29 heavy (non-hydrogen) atoms. The monoisotopic (exact) mass is 428 g/mol. The van der Waals surface area contributed by atoms with E-state index >= 15 is 0 Å². The third kappa shape index (κ3) is 6.63. The molecule has 10 heteroatoms. The van der Waals surface area contributed by atoms with Gasteiger partial charge in [0, 0.05) is 24.8 Å². The van der Waals surface area contributed by atoms with Crippen molar-refractivity contribution in [2.24, 2.45) is 0 Å². The van der Waals surface area contributed by atoms with E-state index in [0.717, 1.165) is 17.2 Å². The van der Waals surface area contributed by atoms with E-state index in [9.17, 15) is 22.8 Å². The van der Waals surface area contributed by atoms with Crippen molar-refractivity contribution >= 4 is 29.2 Å². The number of nitrogens with one attached hydrogen (secondary N) is 3. The standard InChI is InChI=1S/C19H20ClF3N4O2/c1-11-3-4-13(7-12(11)2)18(29)27-10-16(28)24-5-6-25-17-15(20)8-14(9-26-17)19(21,22)23/h3-4,7-9H,5-6,10H2,1-2H3,(H,24,28)(H,25,26)(H,27,29). The van der Waals surface area contributed by atoms with E-state index in [1.807, 2.05) is 19.9 Å². The molecule has 156 valence electrons. The van der Waals surface area contributed by atoms with Crippen molar-refractivity contribution in [3.8, 4) is 0 Å². The third-order valence-corrected chi connectivity index (χ3v) is 4.37. The van der Waals surface area contributed by atoms with Crippen LogP contribution in [0.4, 0.5) is 19.0 Å². The zero-order valence-corrected chi connectivity index (χ0v) is 16.5. The summed E-state index contributed by atoms with van der Waals surface area (Å²) in [5, 5.41) is 7.65. The summed E-state index contributed by atoms with van der Waals surface area (Å²) in [4.78, 5) is 27.5. The number of hydrogen-bond donors (Lipinski definition) is 3. The van der Waals surface area contributed by atoms with Crippen LogP contribution < -0.4 is 16.0 Å². The number of anilines is 1. The van der Waals surface area contributed by atoms with Gasteiger partial charge in [0.2, 0.25) is 5.91 Å². The fourth-order valence-corrected chi connectivity index (χ4v) is 2.55. The fourth-order valence-electron chi connectivity index (χ4n) is 2.31. The topological polar surface area (TPSA) is 83.1 Å². The number of aromatic nitrogens is 1. The maximum Gasteiger partial charge on any atom is 0.417 e. The molecule has 3 N–H and O–H groups in total. The lowest BCUT2D eigenvalue weighted by Gasteiger charge is -2.11. The van der Waals surface area contributed by atoms with Crippen molar-refractivity contribution in [2.45, 2.75) is 20.0 Å². The molecule has 0 bridgehead atoms. The smallest absolute Gasteiger partial charge is 0.367 e. The molecule has 0 aliphatic carbocycles. The predicted molar refractivity (Wildman–Crippen MR) is 104 cm³/mol. The Labute approximate surface area is 170 Å². The second-order valence-electron chi connectivity index (χ2n) is 6.31. The van der Waals surface area contributed by atoms with Crippen LogP contribution in [0.1, 0.15) is 27.0 Å². The van der Waals surface area contributed by atoms with Gasteiger partial charge in [-0.3, -0.25) is 9.59 Å². The molecule has 0 atom stereocenters. The van der Waals surface area contributed by atoms with Crippen molar-refractivity contribution < 1.29 is 22.8 Å². The Balaban J connectivity index is 1.73. The molecule has 1 aromatic heterocycles. The number of amides is 2. The van der Waals surface area contributed by atoms with Gasteiger partial charge in [-0.1, -0.05) is 17.7 Å². The van der Waals surface area contributed by atoms with E-state index in [0.29, 0.717) is 11.8 Å². The van der Waals surface area contributed by atoms with Crippen LogP contribution in [-0.2, 0) is 11.0 Å². The lowest BCUT2D eigenvalue weighted by atomic mass is 10.1. The van der Waals surface area contributed by atoms with Gasteiger partial charge >= 0.3 is 6.18 Å². The zero-order chi connectivity index (χ0) is 21.6.